The van der Waals surface area contributed by atoms with E-state index in [1.54, 1.807) is 48.7 Å². The lowest BCUT2D eigenvalue weighted by molar-refractivity contribution is -0.114. The van der Waals surface area contributed by atoms with Gasteiger partial charge in [0.25, 0.3) is 5.91 Å². The molecule has 2 amide bonds. The van der Waals surface area contributed by atoms with Gasteiger partial charge in [-0.15, -0.1) is 0 Å². The van der Waals surface area contributed by atoms with Gasteiger partial charge < -0.3 is 15.2 Å². The number of carbonyl (C=O) groups is 2. The van der Waals surface area contributed by atoms with Crippen LogP contribution in [0.4, 0.5) is 10.1 Å². The highest BCUT2D eigenvalue weighted by Gasteiger charge is 2.14. The highest BCUT2D eigenvalue weighted by molar-refractivity contribution is 5.95. The maximum absolute atomic E-state index is 13.3. The zero-order valence-electron chi connectivity index (χ0n) is 16.8. The summed E-state index contributed by atoms with van der Waals surface area (Å²) in [6.07, 6.45) is 1.68. The quantitative estimate of drug-likeness (QED) is 0.501. The van der Waals surface area contributed by atoms with Gasteiger partial charge in [0.2, 0.25) is 5.91 Å². The lowest BCUT2D eigenvalue weighted by Gasteiger charge is -2.10. The molecule has 4 aromatic rings. The molecule has 31 heavy (non-hydrogen) atoms. The van der Waals surface area contributed by atoms with Crippen molar-refractivity contribution in [3.05, 3.63) is 78.2 Å². The predicted molar refractivity (Wildman–Crippen MR) is 116 cm³/mol. The summed E-state index contributed by atoms with van der Waals surface area (Å²) >= 11 is 0. The lowest BCUT2D eigenvalue weighted by Crippen LogP contribution is -2.27. The molecule has 0 aliphatic carbocycles. The molecule has 0 atom stereocenters. The SMILES string of the molecule is CC(=O)Nc1ccc(C(=O)NCCn2c(-c3ccc(F)cc3)nc3cccnc32)cc1. The molecule has 0 aliphatic heterocycles. The molecule has 156 valence electrons. The zero-order valence-corrected chi connectivity index (χ0v) is 16.8. The molecule has 0 aliphatic rings. The average Bonchev–Trinajstić information content (AvgIpc) is 3.13. The number of rotatable bonds is 6. The lowest BCUT2D eigenvalue weighted by atomic mass is 10.2. The summed E-state index contributed by atoms with van der Waals surface area (Å²) < 4.78 is 15.2. The summed E-state index contributed by atoms with van der Waals surface area (Å²) in [5.74, 6) is -0.0608. The Morgan fingerprint density at radius 3 is 2.48 bits per heavy atom. The molecular formula is C23H20FN5O2. The molecule has 2 aromatic heterocycles. The summed E-state index contributed by atoms with van der Waals surface area (Å²) in [5, 5.41) is 5.55. The molecule has 8 heteroatoms. The number of pyridine rings is 1. The normalized spacial score (nSPS) is 10.8. The van der Waals surface area contributed by atoms with Gasteiger partial charge in [0.1, 0.15) is 17.2 Å². The van der Waals surface area contributed by atoms with Crippen LogP contribution in [0.25, 0.3) is 22.6 Å². The third-order valence-electron chi connectivity index (χ3n) is 4.69. The number of aromatic nitrogens is 3. The average molecular weight is 417 g/mol. The molecule has 0 unspecified atom stereocenters. The highest BCUT2D eigenvalue weighted by Crippen LogP contribution is 2.23. The van der Waals surface area contributed by atoms with E-state index in [1.807, 2.05) is 10.6 Å². The predicted octanol–water partition coefficient (Wildman–Crippen LogP) is 3.63. The van der Waals surface area contributed by atoms with Gasteiger partial charge in [0.05, 0.1) is 0 Å². The van der Waals surface area contributed by atoms with E-state index in [0.717, 1.165) is 11.1 Å². The first-order chi connectivity index (χ1) is 15.0. The number of amides is 2. The third kappa shape index (κ3) is 4.58. The van der Waals surface area contributed by atoms with Gasteiger partial charge in [-0.2, -0.15) is 0 Å². The Bertz CT molecular complexity index is 1230. The highest BCUT2D eigenvalue weighted by atomic mass is 19.1. The van der Waals surface area contributed by atoms with Crippen molar-refractivity contribution in [2.75, 3.05) is 11.9 Å². The van der Waals surface area contributed by atoms with Crippen LogP contribution in [0.1, 0.15) is 17.3 Å². The van der Waals surface area contributed by atoms with Gasteiger partial charge in [-0.1, -0.05) is 0 Å². The van der Waals surface area contributed by atoms with Crippen LogP contribution < -0.4 is 10.6 Å². The van der Waals surface area contributed by atoms with Crippen molar-refractivity contribution in [3.63, 3.8) is 0 Å². The van der Waals surface area contributed by atoms with Crippen molar-refractivity contribution < 1.29 is 14.0 Å². The van der Waals surface area contributed by atoms with Crippen molar-refractivity contribution >= 4 is 28.7 Å². The minimum Gasteiger partial charge on any atom is -0.350 e. The van der Waals surface area contributed by atoms with Gasteiger partial charge in [-0.25, -0.2) is 14.4 Å². The molecule has 2 heterocycles. The number of hydrogen-bond donors (Lipinski definition) is 2. The number of benzene rings is 2. The second-order valence-electron chi connectivity index (χ2n) is 6.95. The largest absolute Gasteiger partial charge is 0.350 e. The van der Waals surface area contributed by atoms with E-state index in [1.165, 1.54) is 19.1 Å². The number of nitrogens with one attached hydrogen (secondary N) is 2. The fourth-order valence-corrected chi connectivity index (χ4v) is 3.28. The number of nitrogens with zero attached hydrogens (tertiary/aromatic N) is 3. The van der Waals surface area contributed by atoms with E-state index in [9.17, 15) is 14.0 Å². The minimum absolute atomic E-state index is 0.171. The first-order valence-electron chi connectivity index (χ1n) is 9.74. The zero-order chi connectivity index (χ0) is 21.8. The van der Waals surface area contributed by atoms with Gasteiger partial charge >= 0.3 is 0 Å². The Balaban J connectivity index is 1.50. The molecular weight excluding hydrogens is 397 g/mol. The molecule has 0 saturated carbocycles. The summed E-state index contributed by atoms with van der Waals surface area (Å²) in [6.45, 7) is 2.22. The topological polar surface area (TPSA) is 88.9 Å². The van der Waals surface area contributed by atoms with Crippen LogP contribution in [0.15, 0.2) is 66.9 Å². The molecule has 7 nitrogen and oxygen atoms in total. The van der Waals surface area contributed by atoms with Crippen molar-refractivity contribution in [1.29, 1.82) is 0 Å². The van der Waals surface area contributed by atoms with Crippen molar-refractivity contribution in [3.8, 4) is 11.4 Å². The van der Waals surface area contributed by atoms with Gasteiger partial charge in [0.15, 0.2) is 5.65 Å². The Kier molecular flexibility index (Phi) is 5.70. The Morgan fingerprint density at radius 1 is 1.03 bits per heavy atom. The molecule has 0 spiro atoms. The van der Waals surface area contributed by atoms with Gasteiger partial charge in [-0.3, -0.25) is 9.59 Å². The van der Waals surface area contributed by atoms with Crippen molar-refractivity contribution in [2.24, 2.45) is 0 Å². The number of halogens is 1. The van der Waals surface area contributed by atoms with Crippen LogP contribution >= 0.6 is 0 Å². The second-order valence-corrected chi connectivity index (χ2v) is 6.95. The van der Waals surface area contributed by atoms with E-state index in [-0.39, 0.29) is 17.6 Å². The molecule has 2 N–H and O–H groups in total. The minimum atomic E-state index is -0.318. The number of fused-ring (bicyclic) bond motifs is 1. The van der Waals surface area contributed by atoms with E-state index in [2.05, 4.69) is 20.6 Å². The van der Waals surface area contributed by atoms with E-state index in [4.69, 9.17) is 0 Å². The van der Waals surface area contributed by atoms with Crippen LogP contribution in [0.5, 0.6) is 0 Å². The first kappa shape index (κ1) is 20.2. The molecule has 0 radical (unpaired) electrons. The van der Waals surface area contributed by atoms with Crippen LogP contribution in [0.3, 0.4) is 0 Å². The summed E-state index contributed by atoms with van der Waals surface area (Å²) in [4.78, 5) is 32.6. The van der Waals surface area contributed by atoms with Gasteiger partial charge in [-0.05, 0) is 60.7 Å². The summed E-state index contributed by atoms with van der Waals surface area (Å²) in [7, 11) is 0. The molecule has 0 fully saturated rings. The van der Waals surface area contributed by atoms with Crippen LogP contribution in [0, 0.1) is 5.82 Å². The summed E-state index contributed by atoms with van der Waals surface area (Å²) in [6, 6.07) is 16.4. The number of anilines is 1. The smallest absolute Gasteiger partial charge is 0.251 e. The number of carbonyl (C=O) groups excluding carboxylic acids is 2. The van der Waals surface area contributed by atoms with E-state index < -0.39 is 0 Å². The fraction of sp³-hybridized carbons (Fsp3) is 0.130. The molecule has 4 rings (SSSR count). The Morgan fingerprint density at radius 2 is 1.77 bits per heavy atom. The molecule has 0 bridgehead atoms. The Hall–Kier alpha value is -4.07. The number of hydrogen-bond acceptors (Lipinski definition) is 4. The number of imidazole rings is 1. The second kappa shape index (κ2) is 8.74. The van der Waals surface area contributed by atoms with Crippen molar-refractivity contribution in [1.82, 2.24) is 19.9 Å². The third-order valence-corrected chi connectivity index (χ3v) is 4.69. The summed E-state index contributed by atoms with van der Waals surface area (Å²) in [5.41, 5.74) is 3.29. The fourth-order valence-electron chi connectivity index (χ4n) is 3.28. The van der Waals surface area contributed by atoms with E-state index in [0.29, 0.717) is 35.8 Å². The van der Waals surface area contributed by atoms with Crippen LogP contribution in [-0.4, -0.2) is 32.9 Å². The van der Waals surface area contributed by atoms with Gasteiger partial charge in [0, 0.05) is 43.0 Å². The maximum Gasteiger partial charge on any atom is 0.251 e. The van der Waals surface area contributed by atoms with Crippen molar-refractivity contribution in [2.45, 2.75) is 13.5 Å². The van der Waals surface area contributed by atoms with E-state index >= 15 is 0 Å². The first-order valence-corrected chi connectivity index (χ1v) is 9.74. The molecule has 2 aromatic carbocycles. The standard InChI is InChI=1S/C23H20FN5O2/c1-15(30)27-19-10-6-17(7-11-19)23(31)26-13-14-29-21(16-4-8-18(24)9-5-16)28-20-3-2-12-25-22(20)29/h2-12H,13-14H2,1H3,(H,26,31)(H,27,30). The molecule has 0 saturated heterocycles. The van der Waals surface area contributed by atoms with Crippen LogP contribution in [0.2, 0.25) is 0 Å². The monoisotopic (exact) mass is 417 g/mol. The maximum atomic E-state index is 13.3. The van der Waals surface area contributed by atoms with Crippen LogP contribution in [-0.2, 0) is 11.3 Å². The Labute approximate surface area is 177 Å².